The van der Waals surface area contributed by atoms with E-state index in [0.29, 0.717) is 61.3 Å². The van der Waals surface area contributed by atoms with Gasteiger partial charge in [0.15, 0.2) is 5.78 Å². The lowest BCUT2D eigenvalue weighted by Gasteiger charge is -2.34. The minimum atomic E-state index is -1.48. The number of nitrogens with one attached hydrogen (secondary N) is 1. The molecule has 2 saturated heterocycles. The Morgan fingerprint density at radius 2 is 1.84 bits per heavy atom. The molecule has 3 heterocycles. The molecule has 200 valence electrons. The molecular weight excluding hydrogens is 502 g/mol. The highest BCUT2D eigenvalue weighted by molar-refractivity contribution is 7.82. The maximum Gasteiger partial charge on any atom is 0.195 e. The fraction of sp³-hybridized carbons (Fsp3) is 0.448. The first-order valence-corrected chi connectivity index (χ1v) is 14.3. The number of H-pyrrole nitrogens is 1. The number of hydrogen-bond acceptors (Lipinski definition) is 6. The van der Waals surface area contributed by atoms with Gasteiger partial charge in [0.2, 0.25) is 0 Å². The van der Waals surface area contributed by atoms with E-state index in [1.165, 1.54) is 0 Å². The van der Waals surface area contributed by atoms with Crippen LogP contribution in [0, 0.1) is 0 Å². The van der Waals surface area contributed by atoms with Crippen molar-refractivity contribution in [2.45, 2.75) is 43.1 Å². The number of aromatic nitrogens is 1. The molecule has 38 heavy (non-hydrogen) atoms. The molecule has 8 nitrogen and oxygen atoms in total. The molecule has 0 radical (unpaired) electrons. The number of aliphatic imine (C=N–C) groups is 1. The quantitative estimate of drug-likeness (QED) is 0.499. The third-order valence-electron chi connectivity index (χ3n) is 7.81. The molecule has 2 fully saturated rings. The summed E-state index contributed by atoms with van der Waals surface area (Å²) >= 11 is 0. The van der Waals surface area contributed by atoms with Gasteiger partial charge in [-0.25, -0.2) is 8.51 Å². The highest BCUT2D eigenvalue weighted by Crippen LogP contribution is 2.46. The molecular formula is C29H33N3O5S. The van der Waals surface area contributed by atoms with Gasteiger partial charge in [-0.3, -0.25) is 9.79 Å². The number of benzene rings is 2. The zero-order valence-corrected chi connectivity index (χ0v) is 22.9. The molecule has 3 aromatic rings. The van der Waals surface area contributed by atoms with Crippen molar-refractivity contribution in [3.63, 3.8) is 0 Å². The molecule has 0 amide bonds. The van der Waals surface area contributed by atoms with Crippen LogP contribution in [-0.4, -0.2) is 78.2 Å². The standard InChI is InChI=1S/C29H33N3O5S/c1-29(2)22-16-24(37-19-6-10-35-11-7-19)25(38(34)32-8-12-36-13-9-32)15-21(22)27(33)26-20-5-4-18(17-30-3)14-23(20)31-28(26)29/h4-5,14-17,19,31H,6-13H2,1-3H3. The van der Waals surface area contributed by atoms with Gasteiger partial charge >= 0.3 is 0 Å². The van der Waals surface area contributed by atoms with Crippen LogP contribution >= 0.6 is 0 Å². The Hall–Kier alpha value is -2.85. The third-order valence-corrected chi connectivity index (χ3v) is 9.34. The monoisotopic (exact) mass is 535 g/mol. The van der Waals surface area contributed by atoms with E-state index < -0.39 is 16.4 Å². The molecule has 1 atom stereocenters. The lowest BCUT2D eigenvalue weighted by molar-refractivity contribution is 0.0243. The maximum absolute atomic E-state index is 14.1. The molecule has 6 rings (SSSR count). The van der Waals surface area contributed by atoms with Crippen molar-refractivity contribution in [2.24, 2.45) is 4.99 Å². The van der Waals surface area contributed by atoms with E-state index in [1.807, 2.05) is 34.6 Å². The molecule has 1 aliphatic carbocycles. The average molecular weight is 536 g/mol. The van der Waals surface area contributed by atoms with Gasteiger partial charge in [-0.1, -0.05) is 26.0 Å². The molecule has 3 aliphatic rings. The SMILES string of the molecule is CN=Cc1ccc2c3c([nH]c2c1)C(C)(C)c1cc(OC2CCOCC2)c(S(=O)N2CCOCC2)cc1C3=O. The molecule has 1 unspecified atom stereocenters. The van der Waals surface area contributed by atoms with Crippen LogP contribution in [-0.2, 0) is 25.9 Å². The summed E-state index contributed by atoms with van der Waals surface area (Å²) in [6.45, 7) is 7.72. The van der Waals surface area contributed by atoms with Gasteiger partial charge in [-0.15, -0.1) is 0 Å². The summed E-state index contributed by atoms with van der Waals surface area (Å²) in [5, 5.41) is 0.885. The van der Waals surface area contributed by atoms with E-state index in [0.717, 1.165) is 40.6 Å². The Morgan fingerprint density at radius 3 is 2.58 bits per heavy atom. The van der Waals surface area contributed by atoms with Gasteiger partial charge in [-0.2, -0.15) is 0 Å². The lowest BCUT2D eigenvalue weighted by Crippen LogP contribution is -2.38. The molecule has 0 saturated carbocycles. The number of nitrogens with zero attached hydrogens (tertiary/aromatic N) is 2. The Kier molecular flexibility index (Phi) is 6.72. The summed E-state index contributed by atoms with van der Waals surface area (Å²) in [6, 6.07) is 9.76. The zero-order valence-electron chi connectivity index (χ0n) is 22.0. The van der Waals surface area contributed by atoms with Crippen LogP contribution in [0.3, 0.4) is 0 Å². The Balaban J connectivity index is 1.49. The highest BCUT2D eigenvalue weighted by atomic mass is 32.2. The Bertz CT molecular complexity index is 1450. The van der Waals surface area contributed by atoms with Crippen LogP contribution in [0.25, 0.3) is 10.9 Å². The summed E-state index contributed by atoms with van der Waals surface area (Å²) in [5.41, 5.74) is 4.39. The van der Waals surface area contributed by atoms with Gasteiger partial charge in [0.05, 0.1) is 36.9 Å². The first-order valence-electron chi connectivity index (χ1n) is 13.2. The summed E-state index contributed by atoms with van der Waals surface area (Å²) in [6.07, 6.45) is 3.33. The molecule has 0 spiro atoms. The van der Waals surface area contributed by atoms with Gasteiger partial charge < -0.3 is 19.2 Å². The van der Waals surface area contributed by atoms with E-state index in [9.17, 15) is 9.00 Å². The van der Waals surface area contributed by atoms with Crippen LogP contribution in [0.2, 0.25) is 0 Å². The third kappa shape index (κ3) is 4.31. The van der Waals surface area contributed by atoms with Gasteiger partial charge in [0.1, 0.15) is 22.8 Å². The normalized spacial score (nSPS) is 21.0. The molecule has 0 bridgehead atoms. The summed E-state index contributed by atoms with van der Waals surface area (Å²) in [4.78, 5) is 22.3. The summed E-state index contributed by atoms with van der Waals surface area (Å²) in [7, 11) is 0.260. The number of carbonyl (C=O) groups is 1. The van der Waals surface area contributed by atoms with E-state index >= 15 is 0 Å². The second-order valence-electron chi connectivity index (χ2n) is 10.6. The van der Waals surface area contributed by atoms with E-state index in [4.69, 9.17) is 14.2 Å². The second kappa shape index (κ2) is 10.0. The van der Waals surface area contributed by atoms with Crippen LogP contribution < -0.4 is 4.74 Å². The number of ether oxygens (including phenoxy) is 3. The van der Waals surface area contributed by atoms with E-state index in [-0.39, 0.29) is 11.9 Å². The fourth-order valence-corrected chi connectivity index (χ4v) is 6.99. The van der Waals surface area contributed by atoms with Crippen molar-refractivity contribution < 1.29 is 23.2 Å². The van der Waals surface area contributed by atoms with Gasteiger partial charge in [0.25, 0.3) is 0 Å². The number of morpholine rings is 1. The molecule has 2 aliphatic heterocycles. The van der Waals surface area contributed by atoms with Crippen molar-refractivity contribution >= 4 is 33.9 Å². The van der Waals surface area contributed by atoms with Crippen molar-refractivity contribution in [1.82, 2.24) is 9.29 Å². The molecule has 9 heteroatoms. The Labute approximate surface area is 225 Å². The van der Waals surface area contributed by atoms with E-state index in [1.54, 1.807) is 13.3 Å². The zero-order chi connectivity index (χ0) is 26.4. The summed E-state index contributed by atoms with van der Waals surface area (Å²) < 4.78 is 33.3. The Morgan fingerprint density at radius 1 is 1.11 bits per heavy atom. The van der Waals surface area contributed by atoms with Crippen LogP contribution in [0.15, 0.2) is 40.2 Å². The van der Waals surface area contributed by atoms with Crippen LogP contribution in [0.5, 0.6) is 5.75 Å². The number of aromatic amines is 1. The van der Waals surface area contributed by atoms with Gasteiger partial charge in [0, 0.05) is 66.8 Å². The molecule has 2 aromatic carbocycles. The predicted molar refractivity (Wildman–Crippen MR) is 147 cm³/mol. The average Bonchev–Trinajstić information content (AvgIpc) is 3.33. The van der Waals surface area contributed by atoms with Crippen molar-refractivity contribution in [1.29, 1.82) is 0 Å². The number of ketones is 1. The van der Waals surface area contributed by atoms with Crippen molar-refractivity contribution in [3.8, 4) is 5.75 Å². The van der Waals surface area contributed by atoms with E-state index in [2.05, 4.69) is 23.8 Å². The highest BCUT2D eigenvalue weighted by Gasteiger charge is 2.41. The van der Waals surface area contributed by atoms with Crippen LogP contribution in [0.1, 0.15) is 59.4 Å². The maximum atomic E-state index is 14.1. The number of hydrogen-bond donors (Lipinski definition) is 1. The largest absolute Gasteiger partial charge is 0.489 e. The second-order valence-corrected chi connectivity index (χ2v) is 12.0. The fourth-order valence-electron chi connectivity index (χ4n) is 5.74. The number of rotatable bonds is 5. The van der Waals surface area contributed by atoms with Crippen LogP contribution in [0.4, 0.5) is 0 Å². The smallest absolute Gasteiger partial charge is 0.195 e. The first-order chi connectivity index (χ1) is 18.4. The topological polar surface area (TPSA) is 93.2 Å². The molecule has 1 N–H and O–H groups in total. The van der Waals surface area contributed by atoms with Crippen molar-refractivity contribution in [3.05, 3.63) is 58.3 Å². The summed E-state index contributed by atoms with van der Waals surface area (Å²) in [5.74, 6) is 0.526. The first kappa shape index (κ1) is 25.4. The lowest BCUT2D eigenvalue weighted by atomic mass is 9.71. The number of fused-ring (bicyclic) bond motifs is 4. The minimum Gasteiger partial charge on any atom is -0.489 e. The minimum absolute atomic E-state index is 0.0214. The van der Waals surface area contributed by atoms with Crippen molar-refractivity contribution in [2.75, 3.05) is 46.6 Å². The number of carbonyl (C=O) groups excluding carboxylic acids is 1. The van der Waals surface area contributed by atoms with Gasteiger partial charge in [-0.05, 0) is 29.3 Å². The molecule has 1 aromatic heterocycles. The predicted octanol–water partition coefficient (Wildman–Crippen LogP) is 4.00.